The minimum atomic E-state index is -0.0245. The average Bonchev–Trinajstić information content (AvgIpc) is 3.10. The molecular weight excluding hydrogens is 352 g/mol. The Morgan fingerprint density at radius 1 is 1.14 bits per heavy atom. The van der Waals surface area contributed by atoms with Crippen LogP contribution in [0.4, 0.5) is 0 Å². The minimum Gasteiger partial charge on any atom is -0.486 e. The summed E-state index contributed by atoms with van der Waals surface area (Å²) in [5.74, 6) is 1.49. The minimum absolute atomic E-state index is 0.0245. The molecule has 144 valence electrons. The molecule has 0 saturated heterocycles. The molecule has 1 aliphatic rings. The fourth-order valence-corrected chi connectivity index (χ4v) is 3.32. The van der Waals surface area contributed by atoms with Crippen LogP contribution in [0, 0.1) is 0 Å². The van der Waals surface area contributed by atoms with Gasteiger partial charge in [-0.15, -0.1) is 0 Å². The van der Waals surface area contributed by atoms with E-state index < -0.39 is 0 Å². The van der Waals surface area contributed by atoms with E-state index in [9.17, 15) is 4.79 Å². The van der Waals surface area contributed by atoms with Crippen molar-refractivity contribution < 1.29 is 9.53 Å². The van der Waals surface area contributed by atoms with Crippen LogP contribution >= 0.6 is 0 Å². The number of nitrogens with one attached hydrogen (secondary N) is 2. The SMILES string of the molecule is O=C(Cn1c(COc2ccccc2)nc2ccccc21)NCC1=CCNCC1. The molecule has 0 aliphatic carbocycles. The Morgan fingerprint density at radius 2 is 1.96 bits per heavy atom. The molecule has 3 aromatic rings. The highest BCUT2D eigenvalue weighted by atomic mass is 16.5. The standard InChI is InChI=1S/C22H24N4O2/c27-22(24-14-17-10-12-23-13-11-17)15-26-20-9-5-4-8-19(20)25-21(26)16-28-18-6-2-1-3-7-18/h1-10,23H,11-16H2,(H,24,27). The molecule has 1 aliphatic heterocycles. The van der Waals surface area contributed by atoms with Crippen LogP contribution in [0.1, 0.15) is 12.2 Å². The van der Waals surface area contributed by atoms with E-state index in [0.717, 1.165) is 42.1 Å². The van der Waals surface area contributed by atoms with Crippen LogP contribution in [-0.2, 0) is 17.9 Å². The van der Waals surface area contributed by atoms with Crippen molar-refractivity contribution in [1.82, 2.24) is 20.2 Å². The van der Waals surface area contributed by atoms with E-state index in [1.165, 1.54) is 5.57 Å². The first-order valence-corrected chi connectivity index (χ1v) is 9.57. The maximum absolute atomic E-state index is 12.6. The highest BCUT2D eigenvalue weighted by Crippen LogP contribution is 2.18. The monoisotopic (exact) mass is 376 g/mol. The maximum Gasteiger partial charge on any atom is 0.240 e. The van der Waals surface area contributed by atoms with Crippen molar-refractivity contribution in [2.45, 2.75) is 19.6 Å². The van der Waals surface area contributed by atoms with Crippen molar-refractivity contribution in [1.29, 1.82) is 0 Å². The summed E-state index contributed by atoms with van der Waals surface area (Å²) >= 11 is 0. The third-order valence-electron chi connectivity index (χ3n) is 4.82. The van der Waals surface area contributed by atoms with Gasteiger partial charge in [0.1, 0.15) is 24.7 Å². The topological polar surface area (TPSA) is 68.2 Å². The Labute approximate surface area is 164 Å². The predicted octanol–water partition coefficient (Wildman–Crippen LogP) is 2.65. The summed E-state index contributed by atoms with van der Waals surface area (Å²) in [6.45, 7) is 2.97. The number of nitrogens with zero attached hydrogens (tertiary/aromatic N) is 2. The van der Waals surface area contributed by atoms with Gasteiger partial charge in [-0.2, -0.15) is 0 Å². The third kappa shape index (κ3) is 4.40. The van der Waals surface area contributed by atoms with Crippen LogP contribution in [0.25, 0.3) is 11.0 Å². The second-order valence-electron chi connectivity index (χ2n) is 6.80. The number of carbonyl (C=O) groups excluding carboxylic acids is 1. The van der Waals surface area contributed by atoms with Crippen molar-refractivity contribution >= 4 is 16.9 Å². The van der Waals surface area contributed by atoms with E-state index in [-0.39, 0.29) is 12.5 Å². The number of amides is 1. The number of hydrogen-bond donors (Lipinski definition) is 2. The molecule has 4 rings (SSSR count). The van der Waals surface area contributed by atoms with E-state index in [2.05, 4.69) is 21.7 Å². The number of aromatic nitrogens is 2. The van der Waals surface area contributed by atoms with E-state index in [0.29, 0.717) is 13.2 Å². The number of hydrogen-bond acceptors (Lipinski definition) is 4. The van der Waals surface area contributed by atoms with Gasteiger partial charge in [0.05, 0.1) is 11.0 Å². The van der Waals surface area contributed by atoms with Crippen molar-refractivity contribution in [2.24, 2.45) is 0 Å². The van der Waals surface area contributed by atoms with Gasteiger partial charge >= 0.3 is 0 Å². The molecule has 0 radical (unpaired) electrons. The first kappa shape index (κ1) is 18.3. The highest BCUT2D eigenvalue weighted by molar-refractivity contribution is 5.81. The smallest absolute Gasteiger partial charge is 0.240 e. The normalized spacial score (nSPS) is 13.9. The summed E-state index contributed by atoms with van der Waals surface area (Å²) in [7, 11) is 0. The molecule has 2 aromatic carbocycles. The van der Waals surface area contributed by atoms with Crippen molar-refractivity contribution in [3.8, 4) is 5.75 Å². The molecule has 0 fully saturated rings. The lowest BCUT2D eigenvalue weighted by Crippen LogP contribution is -2.32. The van der Waals surface area contributed by atoms with Crippen LogP contribution in [0.2, 0.25) is 0 Å². The van der Waals surface area contributed by atoms with Gasteiger partial charge in [-0.25, -0.2) is 4.98 Å². The highest BCUT2D eigenvalue weighted by Gasteiger charge is 2.14. The summed E-state index contributed by atoms with van der Waals surface area (Å²) in [6.07, 6.45) is 3.12. The predicted molar refractivity (Wildman–Crippen MR) is 109 cm³/mol. The zero-order valence-corrected chi connectivity index (χ0v) is 15.7. The fourth-order valence-electron chi connectivity index (χ4n) is 3.32. The number of carbonyl (C=O) groups is 1. The first-order chi connectivity index (χ1) is 13.8. The number of benzene rings is 2. The molecule has 6 heteroatoms. The first-order valence-electron chi connectivity index (χ1n) is 9.57. The molecule has 0 saturated carbocycles. The molecular formula is C22H24N4O2. The molecule has 0 unspecified atom stereocenters. The average molecular weight is 376 g/mol. The molecule has 28 heavy (non-hydrogen) atoms. The molecule has 2 N–H and O–H groups in total. The zero-order valence-electron chi connectivity index (χ0n) is 15.7. The van der Waals surface area contributed by atoms with E-state index in [1.54, 1.807) is 0 Å². The Morgan fingerprint density at radius 3 is 2.79 bits per heavy atom. The molecule has 1 amide bonds. The van der Waals surface area contributed by atoms with Gasteiger partial charge in [-0.3, -0.25) is 4.79 Å². The van der Waals surface area contributed by atoms with Gasteiger partial charge in [0.15, 0.2) is 0 Å². The summed E-state index contributed by atoms with van der Waals surface area (Å²) < 4.78 is 7.80. The summed E-state index contributed by atoms with van der Waals surface area (Å²) in [5, 5.41) is 6.31. The number of fused-ring (bicyclic) bond motifs is 1. The quantitative estimate of drug-likeness (QED) is 0.622. The van der Waals surface area contributed by atoms with Gasteiger partial charge in [0.25, 0.3) is 0 Å². The third-order valence-corrected chi connectivity index (χ3v) is 4.82. The number of ether oxygens (including phenoxy) is 1. The van der Waals surface area contributed by atoms with E-state index >= 15 is 0 Å². The van der Waals surface area contributed by atoms with Gasteiger partial charge in [0.2, 0.25) is 5.91 Å². The zero-order chi connectivity index (χ0) is 19.2. The number of para-hydroxylation sites is 3. The van der Waals surface area contributed by atoms with E-state index in [4.69, 9.17) is 4.74 Å². The Balaban J connectivity index is 1.48. The van der Waals surface area contributed by atoms with Crippen molar-refractivity contribution in [3.63, 3.8) is 0 Å². The second kappa shape index (κ2) is 8.71. The van der Waals surface area contributed by atoms with Gasteiger partial charge < -0.3 is 19.9 Å². The number of imidazole rings is 1. The van der Waals surface area contributed by atoms with Crippen molar-refractivity contribution in [2.75, 3.05) is 19.6 Å². The van der Waals surface area contributed by atoms with E-state index in [1.807, 2.05) is 59.2 Å². The summed E-state index contributed by atoms with van der Waals surface area (Å²) in [4.78, 5) is 17.2. The van der Waals surface area contributed by atoms with Crippen LogP contribution in [-0.4, -0.2) is 35.1 Å². The maximum atomic E-state index is 12.6. The molecule has 2 heterocycles. The second-order valence-corrected chi connectivity index (χ2v) is 6.80. The number of rotatable bonds is 7. The van der Waals surface area contributed by atoms with Crippen LogP contribution < -0.4 is 15.4 Å². The molecule has 0 spiro atoms. The lowest BCUT2D eigenvalue weighted by Gasteiger charge is -2.15. The summed E-state index contributed by atoms with van der Waals surface area (Å²) in [5.41, 5.74) is 3.07. The fraction of sp³-hybridized carbons (Fsp3) is 0.273. The largest absolute Gasteiger partial charge is 0.486 e. The molecule has 0 bridgehead atoms. The van der Waals surface area contributed by atoms with Crippen LogP contribution in [0.3, 0.4) is 0 Å². The lowest BCUT2D eigenvalue weighted by molar-refractivity contribution is -0.121. The Hall–Kier alpha value is -3.12. The molecule has 1 aromatic heterocycles. The molecule has 6 nitrogen and oxygen atoms in total. The van der Waals surface area contributed by atoms with Crippen LogP contribution in [0.15, 0.2) is 66.2 Å². The Kier molecular flexibility index (Phi) is 5.68. The Bertz CT molecular complexity index is 979. The van der Waals surface area contributed by atoms with Gasteiger partial charge in [0, 0.05) is 13.1 Å². The lowest BCUT2D eigenvalue weighted by atomic mass is 10.1. The van der Waals surface area contributed by atoms with Crippen LogP contribution in [0.5, 0.6) is 5.75 Å². The van der Waals surface area contributed by atoms with Gasteiger partial charge in [-0.05, 0) is 37.2 Å². The summed E-state index contributed by atoms with van der Waals surface area (Å²) in [6, 6.07) is 17.5. The molecule has 0 atom stereocenters. The van der Waals surface area contributed by atoms with Gasteiger partial charge in [-0.1, -0.05) is 42.0 Å². The van der Waals surface area contributed by atoms with Crippen molar-refractivity contribution in [3.05, 3.63) is 72.1 Å².